The van der Waals surface area contributed by atoms with E-state index >= 15 is 0 Å². The van der Waals surface area contributed by atoms with E-state index in [1.54, 1.807) is 0 Å². The Morgan fingerprint density at radius 1 is 1.06 bits per heavy atom. The van der Waals surface area contributed by atoms with Crippen LogP contribution in [-0.2, 0) is 4.79 Å². The molecule has 0 fully saturated rings. The van der Waals surface area contributed by atoms with E-state index in [-0.39, 0.29) is 0 Å². The lowest BCUT2D eigenvalue weighted by molar-refractivity contribution is -0.105. The first-order valence-corrected chi connectivity index (χ1v) is 6.60. The fourth-order valence-corrected chi connectivity index (χ4v) is 1.69. The molecule has 1 N–H and O–H groups in total. The summed E-state index contributed by atoms with van der Waals surface area (Å²) in [6.07, 6.45) is 12.9. The Morgan fingerprint density at radius 3 is 2.25 bits per heavy atom. The van der Waals surface area contributed by atoms with Crippen molar-refractivity contribution in [3.8, 4) is 0 Å². The summed E-state index contributed by atoms with van der Waals surface area (Å²) in [6, 6.07) is 0. The molecule has 0 aromatic heterocycles. The predicted octanol–water partition coefficient (Wildman–Crippen LogP) is 3.63. The lowest BCUT2D eigenvalue weighted by Crippen LogP contribution is -1.88. The molecule has 0 amide bonds. The second-order valence-electron chi connectivity index (χ2n) is 4.28. The van der Waals surface area contributed by atoms with E-state index in [9.17, 15) is 4.79 Å². The van der Waals surface area contributed by atoms with Gasteiger partial charge in [0.05, 0.1) is 0 Å². The molecule has 0 rings (SSSR count). The van der Waals surface area contributed by atoms with Crippen molar-refractivity contribution in [1.82, 2.24) is 0 Å². The molecule has 0 unspecified atom stereocenters. The molecular weight excluding hydrogens is 200 g/mol. The van der Waals surface area contributed by atoms with Crippen LogP contribution in [0, 0.1) is 0 Å². The minimum Gasteiger partial charge on any atom is -0.396 e. The maximum Gasteiger partial charge on any atom is 0.145 e. The highest BCUT2D eigenvalue weighted by Crippen LogP contribution is 2.11. The van der Waals surface area contributed by atoms with Crippen LogP contribution in [0.5, 0.6) is 0 Å². The van der Waals surface area contributed by atoms with Crippen LogP contribution < -0.4 is 0 Å². The van der Waals surface area contributed by atoms with Gasteiger partial charge in [0.15, 0.2) is 0 Å². The van der Waals surface area contributed by atoms with E-state index in [0.717, 1.165) is 50.4 Å². The number of unbranched alkanes of at least 4 members (excludes halogenated alkanes) is 6. The van der Waals surface area contributed by atoms with Gasteiger partial charge in [0.1, 0.15) is 6.29 Å². The van der Waals surface area contributed by atoms with E-state index in [1.165, 1.54) is 19.3 Å². The van der Waals surface area contributed by atoms with Gasteiger partial charge >= 0.3 is 0 Å². The normalized spacial score (nSPS) is 11.8. The molecule has 0 radical (unpaired) electrons. The van der Waals surface area contributed by atoms with Crippen LogP contribution in [0.2, 0.25) is 0 Å². The van der Waals surface area contributed by atoms with E-state index in [2.05, 4.69) is 13.0 Å². The Morgan fingerprint density at radius 2 is 1.69 bits per heavy atom. The van der Waals surface area contributed by atoms with E-state index in [0.29, 0.717) is 6.61 Å². The smallest absolute Gasteiger partial charge is 0.145 e. The van der Waals surface area contributed by atoms with Gasteiger partial charge < -0.3 is 5.11 Å². The van der Waals surface area contributed by atoms with Crippen molar-refractivity contribution >= 4 is 6.29 Å². The molecule has 0 aliphatic rings. The molecule has 0 atom stereocenters. The molecule has 0 aromatic rings. The number of hydrogen-bond donors (Lipinski definition) is 1. The maximum absolute atomic E-state index is 10.7. The lowest BCUT2D eigenvalue weighted by atomic mass is 10.0. The van der Waals surface area contributed by atoms with E-state index in [1.807, 2.05) is 0 Å². The molecule has 16 heavy (non-hydrogen) atoms. The first kappa shape index (κ1) is 15.4. The number of aliphatic hydroxyl groups excluding tert-OH is 1. The molecule has 0 bridgehead atoms. The van der Waals surface area contributed by atoms with Crippen LogP contribution in [-0.4, -0.2) is 18.0 Å². The molecule has 0 aliphatic heterocycles. The second-order valence-corrected chi connectivity index (χ2v) is 4.28. The largest absolute Gasteiger partial charge is 0.396 e. The summed E-state index contributed by atoms with van der Waals surface area (Å²) in [6.45, 7) is 2.44. The van der Waals surface area contributed by atoms with Crippen LogP contribution in [0.3, 0.4) is 0 Å². The van der Waals surface area contributed by atoms with Gasteiger partial charge in [0.25, 0.3) is 0 Å². The van der Waals surface area contributed by atoms with Crippen molar-refractivity contribution in [3.63, 3.8) is 0 Å². The Hall–Kier alpha value is -0.630. The Labute approximate surface area is 99.7 Å². The van der Waals surface area contributed by atoms with E-state index < -0.39 is 0 Å². The first-order chi connectivity index (χ1) is 7.85. The SMILES string of the molecule is CCCC=C(C=O)CCCCCCCCO. The quantitative estimate of drug-likeness (QED) is 0.332. The summed E-state index contributed by atoms with van der Waals surface area (Å²) < 4.78 is 0. The first-order valence-electron chi connectivity index (χ1n) is 6.60. The molecule has 2 heteroatoms. The van der Waals surface area contributed by atoms with Crippen molar-refractivity contribution in [1.29, 1.82) is 0 Å². The van der Waals surface area contributed by atoms with Gasteiger partial charge in [-0.3, -0.25) is 4.79 Å². The Bertz CT molecular complexity index is 185. The molecule has 0 aliphatic carbocycles. The van der Waals surface area contributed by atoms with Gasteiger partial charge in [-0.15, -0.1) is 0 Å². The van der Waals surface area contributed by atoms with Gasteiger partial charge in [-0.1, -0.05) is 45.1 Å². The number of aldehydes is 1. The van der Waals surface area contributed by atoms with Gasteiger partial charge in [0.2, 0.25) is 0 Å². The van der Waals surface area contributed by atoms with Gasteiger partial charge in [0, 0.05) is 6.61 Å². The topological polar surface area (TPSA) is 37.3 Å². The molecule has 0 saturated carbocycles. The average molecular weight is 226 g/mol. The third-order valence-electron chi connectivity index (χ3n) is 2.72. The minimum absolute atomic E-state index is 0.315. The van der Waals surface area contributed by atoms with Gasteiger partial charge in [-0.05, 0) is 31.3 Å². The van der Waals surface area contributed by atoms with Crippen LogP contribution in [0.4, 0.5) is 0 Å². The molecule has 0 spiro atoms. The highest BCUT2D eigenvalue weighted by atomic mass is 16.2. The minimum atomic E-state index is 0.315. The third-order valence-corrected chi connectivity index (χ3v) is 2.72. The van der Waals surface area contributed by atoms with Crippen molar-refractivity contribution in [2.75, 3.05) is 6.61 Å². The highest BCUT2D eigenvalue weighted by Gasteiger charge is 1.96. The standard InChI is InChI=1S/C14H26O2/c1-2-3-10-14(13-16)11-8-6-4-5-7-9-12-15/h10,13,15H,2-9,11-12H2,1H3. The number of allylic oxidation sites excluding steroid dienone is 2. The number of hydrogen-bond acceptors (Lipinski definition) is 2. The van der Waals surface area contributed by atoms with E-state index in [4.69, 9.17) is 5.11 Å². The fraction of sp³-hybridized carbons (Fsp3) is 0.786. The Balaban J connectivity index is 3.37. The summed E-state index contributed by atoms with van der Waals surface area (Å²) in [5, 5.41) is 8.61. The molecule has 0 saturated heterocycles. The average Bonchev–Trinajstić information content (AvgIpc) is 2.32. The number of aliphatic hydroxyl groups is 1. The summed E-state index contributed by atoms with van der Waals surface area (Å²) in [4.78, 5) is 10.7. The van der Waals surface area contributed by atoms with Crippen LogP contribution in [0.1, 0.15) is 64.7 Å². The maximum atomic E-state index is 10.7. The molecule has 0 aromatic carbocycles. The zero-order valence-electron chi connectivity index (χ0n) is 10.6. The number of rotatable bonds is 11. The zero-order chi connectivity index (χ0) is 12.1. The van der Waals surface area contributed by atoms with Crippen LogP contribution in [0.15, 0.2) is 11.6 Å². The fourth-order valence-electron chi connectivity index (χ4n) is 1.69. The van der Waals surface area contributed by atoms with Crippen molar-refractivity contribution in [3.05, 3.63) is 11.6 Å². The van der Waals surface area contributed by atoms with Crippen LogP contribution >= 0.6 is 0 Å². The highest BCUT2D eigenvalue weighted by molar-refractivity contribution is 5.72. The summed E-state index contributed by atoms with van der Waals surface area (Å²) in [7, 11) is 0. The molecule has 94 valence electrons. The second kappa shape index (κ2) is 12.4. The molecule has 2 nitrogen and oxygen atoms in total. The van der Waals surface area contributed by atoms with Crippen molar-refractivity contribution in [2.24, 2.45) is 0 Å². The summed E-state index contributed by atoms with van der Waals surface area (Å²) in [5.41, 5.74) is 0.970. The summed E-state index contributed by atoms with van der Waals surface area (Å²) in [5.74, 6) is 0. The predicted molar refractivity (Wildman–Crippen MR) is 68.5 cm³/mol. The zero-order valence-corrected chi connectivity index (χ0v) is 10.6. The number of carbonyl (C=O) groups is 1. The third kappa shape index (κ3) is 9.91. The van der Waals surface area contributed by atoms with Crippen molar-refractivity contribution in [2.45, 2.75) is 64.7 Å². The molecule has 0 heterocycles. The summed E-state index contributed by atoms with van der Waals surface area (Å²) >= 11 is 0. The Kier molecular flexibility index (Phi) is 11.9. The van der Waals surface area contributed by atoms with Gasteiger partial charge in [-0.25, -0.2) is 0 Å². The van der Waals surface area contributed by atoms with Crippen molar-refractivity contribution < 1.29 is 9.90 Å². The lowest BCUT2D eigenvalue weighted by Gasteiger charge is -2.01. The van der Waals surface area contributed by atoms with Crippen LogP contribution in [0.25, 0.3) is 0 Å². The number of carbonyl (C=O) groups excluding carboxylic acids is 1. The molecular formula is C14H26O2. The van der Waals surface area contributed by atoms with Gasteiger partial charge in [-0.2, -0.15) is 0 Å². The monoisotopic (exact) mass is 226 g/mol.